The Hall–Kier alpha value is -1.62. The maximum Gasteiger partial charge on any atom is 0.257 e. The molecule has 0 aliphatic carbocycles. The summed E-state index contributed by atoms with van der Waals surface area (Å²) in [6.07, 6.45) is 1.94. The Bertz CT molecular complexity index is 526. The number of hydrogen-bond donors (Lipinski definition) is 1. The summed E-state index contributed by atoms with van der Waals surface area (Å²) >= 11 is 1.66. The molecule has 0 saturated carbocycles. The average Bonchev–Trinajstić information content (AvgIpc) is 2.99. The van der Waals surface area contributed by atoms with E-state index in [1.54, 1.807) is 25.2 Å². The standard InChI is InChI=1S/C14H18N2O2S/c1-4-6-11(12-7-5-8-19-12)15-14(17)13-9(2)16-18-10(13)3/h5,7-8,11H,4,6H2,1-3H3,(H,15,17)/t11-/m1/s1. The first-order valence-corrected chi connectivity index (χ1v) is 7.28. The van der Waals surface area contributed by atoms with Crippen LogP contribution in [-0.2, 0) is 0 Å². The monoisotopic (exact) mass is 278 g/mol. The van der Waals surface area contributed by atoms with E-state index in [0.717, 1.165) is 12.8 Å². The second-order valence-electron chi connectivity index (χ2n) is 4.53. The van der Waals surface area contributed by atoms with Crippen LogP contribution in [0.3, 0.4) is 0 Å². The molecule has 0 unspecified atom stereocenters. The van der Waals surface area contributed by atoms with Gasteiger partial charge in [0, 0.05) is 4.88 Å². The lowest BCUT2D eigenvalue weighted by Gasteiger charge is -2.16. The van der Waals surface area contributed by atoms with E-state index in [1.165, 1.54) is 4.88 Å². The third-order valence-electron chi connectivity index (χ3n) is 3.03. The summed E-state index contributed by atoms with van der Waals surface area (Å²) in [5.41, 5.74) is 1.19. The molecule has 1 atom stereocenters. The van der Waals surface area contributed by atoms with Crippen LogP contribution in [0.4, 0.5) is 0 Å². The topological polar surface area (TPSA) is 55.1 Å². The Balaban J connectivity index is 2.16. The van der Waals surface area contributed by atoms with Gasteiger partial charge in [-0.3, -0.25) is 4.79 Å². The third-order valence-corrected chi connectivity index (χ3v) is 4.02. The van der Waals surface area contributed by atoms with E-state index in [-0.39, 0.29) is 11.9 Å². The van der Waals surface area contributed by atoms with Crippen molar-refractivity contribution in [2.24, 2.45) is 0 Å². The van der Waals surface area contributed by atoms with Crippen LogP contribution in [0.25, 0.3) is 0 Å². The highest BCUT2D eigenvalue weighted by Gasteiger charge is 2.21. The molecule has 0 aliphatic rings. The predicted molar refractivity (Wildman–Crippen MR) is 75.4 cm³/mol. The molecule has 1 amide bonds. The number of rotatable bonds is 5. The molecular formula is C14H18N2O2S. The number of nitrogens with zero attached hydrogens (tertiary/aromatic N) is 1. The van der Waals surface area contributed by atoms with E-state index in [2.05, 4.69) is 23.5 Å². The van der Waals surface area contributed by atoms with Crippen molar-refractivity contribution in [3.63, 3.8) is 0 Å². The van der Waals surface area contributed by atoms with Gasteiger partial charge in [0.25, 0.3) is 5.91 Å². The number of carbonyl (C=O) groups excluding carboxylic acids is 1. The average molecular weight is 278 g/mol. The van der Waals surface area contributed by atoms with Gasteiger partial charge in [-0.2, -0.15) is 0 Å². The lowest BCUT2D eigenvalue weighted by Crippen LogP contribution is -2.28. The fourth-order valence-electron chi connectivity index (χ4n) is 2.10. The number of aryl methyl sites for hydroxylation is 2. The van der Waals surface area contributed by atoms with Crippen LogP contribution in [0, 0.1) is 13.8 Å². The summed E-state index contributed by atoms with van der Waals surface area (Å²) in [5.74, 6) is 0.458. The van der Waals surface area contributed by atoms with E-state index >= 15 is 0 Å². The van der Waals surface area contributed by atoms with Crippen LogP contribution in [0.5, 0.6) is 0 Å². The molecule has 2 heterocycles. The first-order valence-electron chi connectivity index (χ1n) is 6.40. The highest BCUT2D eigenvalue weighted by molar-refractivity contribution is 7.10. The van der Waals surface area contributed by atoms with E-state index in [4.69, 9.17) is 4.52 Å². The molecule has 5 heteroatoms. The number of carbonyl (C=O) groups is 1. The summed E-state index contributed by atoms with van der Waals surface area (Å²) < 4.78 is 5.04. The molecule has 0 saturated heterocycles. The predicted octanol–water partition coefficient (Wildman–Crippen LogP) is 3.62. The Labute approximate surface area is 116 Å². The van der Waals surface area contributed by atoms with Gasteiger partial charge in [0.05, 0.1) is 11.7 Å². The number of aromatic nitrogens is 1. The number of thiophene rings is 1. The van der Waals surface area contributed by atoms with Crippen LogP contribution >= 0.6 is 11.3 Å². The van der Waals surface area contributed by atoms with Crippen molar-refractivity contribution in [3.8, 4) is 0 Å². The van der Waals surface area contributed by atoms with E-state index in [9.17, 15) is 4.79 Å². The smallest absolute Gasteiger partial charge is 0.257 e. The molecule has 0 aliphatic heterocycles. The Morgan fingerprint density at radius 3 is 2.84 bits per heavy atom. The number of amides is 1. The van der Waals surface area contributed by atoms with Gasteiger partial charge in [-0.1, -0.05) is 24.6 Å². The minimum Gasteiger partial charge on any atom is -0.361 e. The van der Waals surface area contributed by atoms with Crippen molar-refractivity contribution >= 4 is 17.2 Å². The van der Waals surface area contributed by atoms with Gasteiger partial charge in [-0.05, 0) is 31.7 Å². The van der Waals surface area contributed by atoms with Gasteiger partial charge >= 0.3 is 0 Å². The zero-order valence-corrected chi connectivity index (χ0v) is 12.2. The zero-order chi connectivity index (χ0) is 13.8. The van der Waals surface area contributed by atoms with Gasteiger partial charge in [0.15, 0.2) is 0 Å². The Morgan fingerprint density at radius 2 is 2.32 bits per heavy atom. The third kappa shape index (κ3) is 3.04. The maximum atomic E-state index is 12.3. The van der Waals surface area contributed by atoms with Crippen LogP contribution in [0.1, 0.15) is 52.5 Å². The minimum absolute atomic E-state index is 0.0613. The maximum absolute atomic E-state index is 12.3. The first-order chi connectivity index (χ1) is 9.13. The second kappa shape index (κ2) is 6.02. The van der Waals surface area contributed by atoms with Crippen LogP contribution < -0.4 is 5.32 Å². The molecule has 1 N–H and O–H groups in total. The first kappa shape index (κ1) is 13.8. The number of hydrogen-bond acceptors (Lipinski definition) is 4. The summed E-state index contributed by atoms with van der Waals surface area (Å²) in [6, 6.07) is 4.12. The summed E-state index contributed by atoms with van der Waals surface area (Å²) in [6.45, 7) is 5.66. The molecule has 2 aromatic heterocycles. The van der Waals surface area contributed by atoms with Crippen LogP contribution in [-0.4, -0.2) is 11.1 Å². The molecule has 0 spiro atoms. The Kier molecular flexibility index (Phi) is 4.37. The molecule has 102 valence electrons. The highest BCUT2D eigenvalue weighted by atomic mass is 32.1. The van der Waals surface area contributed by atoms with Crippen molar-refractivity contribution in [3.05, 3.63) is 39.4 Å². The van der Waals surface area contributed by atoms with E-state index in [1.807, 2.05) is 11.4 Å². The Morgan fingerprint density at radius 1 is 1.53 bits per heavy atom. The molecule has 2 rings (SSSR count). The summed E-state index contributed by atoms with van der Waals surface area (Å²) in [5, 5.41) is 8.92. The molecule has 4 nitrogen and oxygen atoms in total. The van der Waals surface area contributed by atoms with Crippen LogP contribution in [0.15, 0.2) is 22.0 Å². The SMILES string of the molecule is CCC[C@@H](NC(=O)c1c(C)noc1C)c1cccs1. The molecule has 0 fully saturated rings. The van der Waals surface area contributed by atoms with E-state index in [0.29, 0.717) is 17.0 Å². The molecular weight excluding hydrogens is 260 g/mol. The highest BCUT2D eigenvalue weighted by Crippen LogP contribution is 2.24. The van der Waals surface area contributed by atoms with Crippen LogP contribution in [0.2, 0.25) is 0 Å². The fraction of sp³-hybridized carbons (Fsp3) is 0.429. The molecule has 0 bridgehead atoms. The van der Waals surface area contributed by atoms with Gasteiger partial charge < -0.3 is 9.84 Å². The summed E-state index contributed by atoms with van der Waals surface area (Å²) in [4.78, 5) is 13.5. The molecule has 0 radical (unpaired) electrons. The minimum atomic E-state index is -0.108. The van der Waals surface area contributed by atoms with Crippen molar-refractivity contribution in [1.82, 2.24) is 10.5 Å². The van der Waals surface area contributed by atoms with Gasteiger partial charge in [0.2, 0.25) is 0 Å². The number of nitrogens with one attached hydrogen (secondary N) is 1. The van der Waals surface area contributed by atoms with E-state index < -0.39 is 0 Å². The van der Waals surface area contributed by atoms with Crippen molar-refractivity contribution in [2.45, 2.75) is 39.7 Å². The lowest BCUT2D eigenvalue weighted by molar-refractivity contribution is 0.0933. The van der Waals surface area contributed by atoms with Crippen molar-refractivity contribution in [1.29, 1.82) is 0 Å². The molecule has 2 aromatic rings. The zero-order valence-electron chi connectivity index (χ0n) is 11.4. The van der Waals surface area contributed by atoms with Crippen molar-refractivity contribution < 1.29 is 9.32 Å². The largest absolute Gasteiger partial charge is 0.361 e. The fourth-order valence-corrected chi connectivity index (χ4v) is 2.91. The molecule has 19 heavy (non-hydrogen) atoms. The van der Waals surface area contributed by atoms with Crippen molar-refractivity contribution in [2.75, 3.05) is 0 Å². The van der Waals surface area contributed by atoms with Gasteiger partial charge in [0.1, 0.15) is 11.3 Å². The summed E-state index contributed by atoms with van der Waals surface area (Å²) in [7, 11) is 0. The molecule has 0 aromatic carbocycles. The normalized spacial score (nSPS) is 12.4. The lowest BCUT2D eigenvalue weighted by atomic mass is 10.1. The van der Waals surface area contributed by atoms with Gasteiger partial charge in [-0.15, -0.1) is 11.3 Å². The van der Waals surface area contributed by atoms with Gasteiger partial charge in [-0.25, -0.2) is 0 Å². The second-order valence-corrected chi connectivity index (χ2v) is 5.51. The quantitative estimate of drug-likeness (QED) is 0.908.